The molecule has 1 fully saturated rings. The van der Waals surface area contributed by atoms with Crippen molar-refractivity contribution in [3.63, 3.8) is 0 Å². The van der Waals surface area contributed by atoms with Gasteiger partial charge in [0.05, 0.1) is 5.92 Å². The average Bonchev–Trinajstić information content (AvgIpc) is 2.47. The lowest BCUT2D eigenvalue weighted by molar-refractivity contribution is -0.182. The molecule has 3 nitrogen and oxygen atoms in total. The molecule has 1 aliphatic rings. The predicted octanol–water partition coefficient (Wildman–Crippen LogP) is 4.42. The first-order valence-electron chi connectivity index (χ1n) is 8.07. The third-order valence-electron chi connectivity index (χ3n) is 3.90. The molecule has 1 aliphatic carbocycles. The van der Waals surface area contributed by atoms with Crippen molar-refractivity contribution in [2.45, 2.75) is 57.7 Å². The van der Waals surface area contributed by atoms with E-state index in [1.807, 2.05) is 18.7 Å². The van der Waals surface area contributed by atoms with E-state index < -0.39 is 12.1 Å². The maximum atomic E-state index is 12.7. The van der Waals surface area contributed by atoms with Gasteiger partial charge in [-0.05, 0) is 57.5 Å². The van der Waals surface area contributed by atoms with Crippen molar-refractivity contribution >= 4 is 41.7 Å². The Morgan fingerprint density at radius 1 is 1.17 bits per heavy atom. The molecule has 8 heteroatoms. The number of nitrogens with zero attached hydrogens (tertiary/aromatic N) is 1. The fourth-order valence-corrected chi connectivity index (χ4v) is 3.12. The summed E-state index contributed by atoms with van der Waals surface area (Å²) < 4.78 is 38.0. The van der Waals surface area contributed by atoms with Crippen LogP contribution in [0.3, 0.4) is 0 Å². The molecule has 0 aliphatic heterocycles. The quantitative estimate of drug-likeness (QED) is 0.252. The Bertz CT molecular complexity index is 332. The summed E-state index contributed by atoms with van der Waals surface area (Å²) >= 11 is 1.83. The molecule has 138 valence electrons. The largest absolute Gasteiger partial charge is 0.391 e. The van der Waals surface area contributed by atoms with Crippen molar-refractivity contribution in [1.82, 2.24) is 10.6 Å². The molecule has 1 rings (SSSR count). The molecule has 0 unspecified atom stereocenters. The minimum absolute atomic E-state index is 0. The van der Waals surface area contributed by atoms with Crippen LogP contribution >= 0.6 is 35.7 Å². The molecule has 2 N–H and O–H groups in total. The molecular formula is C15H29F3IN3S. The molecule has 0 spiro atoms. The van der Waals surface area contributed by atoms with Gasteiger partial charge < -0.3 is 10.6 Å². The second kappa shape index (κ2) is 12.5. The highest BCUT2D eigenvalue weighted by molar-refractivity contribution is 14.0. The molecule has 0 aromatic carbocycles. The van der Waals surface area contributed by atoms with Gasteiger partial charge in [-0.25, -0.2) is 0 Å². The molecule has 0 saturated heterocycles. The topological polar surface area (TPSA) is 36.4 Å². The molecule has 0 atom stereocenters. The van der Waals surface area contributed by atoms with E-state index >= 15 is 0 Å². The number of guanidine groups is 1. The van der Waals surface area contributed by atoms with Crippen LogP contribution in [0.4, 0.5) is 13.2 Å². The van der Waals surface area contributed by atoms with Crippen LogP contribution < -0.4 is 10.6 Å². The van der Waals surface area contributed by atoms with Crippen LogP contribution in [0.2, 0.25) is 0 Å². The standard InChI is InChI=1S/C15H28F3N3S.HI/c1-3-19-14(20-10-4-5-11-22-2)21-13-8-6-12(7-9-13)15(16,17)18;/h12-13H,3-11H2,1-2H3,(H2,19,20,21);1H. The average molecular weight is 467 g/mol. The minimum atomic E-state index is -4.04. The van der Waals surface area contributed by atoms with Gasteiger partial charge in [0.25, 0.3) is 0 Å². The number of alkyl halides is 3. The van der Waals surface area contributed by atoms with E-state index in [-0.39, 0.29) is 42.9 Å². The SMILES string of the molecule is CCNC(=NCCCCSC)NC1CCC(C(F)(F)F)CC1.I. The van der Waals surface area contributed by atoms with Crippen LogP contribution in [0.25, 0.3) is 0 Å². The van der Waals surface area contributed by atoms with Gasteiger partial charge in [0.1, 0.15) is 0 Å². The van der Waals surface area contributed by atoms with Crippen LogP contribution in [-0.2, 0) is 0 Å². The third-order valence-corrected chi connectivity index (χ3v) is 4.60. The first-order valence-corrected chi connectivity index (χ1v) is 9.47. The fourth-order valence-electron chi connectivity index (χ4n) is 2.63. The highest BCUT2D eigenvalue weighted by atomic mass is 127. The molecule has 0 bridgehead atoms. The van der Waals surface area contributed by atoms with E-state index in [4.69, 9.17) is 0 Å². The number of hydrogen-bond acceptors (Lipinski definition) is 2. The summed E-state index contributed by atoms with van der Waals surface area (Å²) in [7, 11) is 0. The van der Waals surface area contributed by atoms with Gasteiger partial charge >= 0.3 is 6.18 Å². The Labute approximate surface area is 159 Å². The van der Waals surface area contributed by atoms with Crippen molar-refractivity contribution in [1.29, 1.82) is 0 Å². The third kappa shape index (κ3) is 9.89. The second-order valence-electron chi connectivity index (χ2n) is 5.70. The van der Waals surface area contributed by atoms with Gasteiger partial charge in [-0.15, -0.1) is 24.0 Å². The van der Waals surface area contributed by atoms with Gasteiger partial charge in [-0.2, -0.15) is 24.9 Å². The monoisotopic (exact) mass is 467 g/mol. The Hall–Kier alpha value is 0.140. The highest BCUT2D eigenvalue weighted by Crippen LogP contribution is 2.37. The van der Waals surface area contributed by atoms with E-state index in [2.05, 4.69) is 21.9 Å². The molecule has 0 heterocycles. The van der Waals surface area contributed by atoms with Crippen LogP contribution in [0, 0.1) is 5.92 Å². The van der Waals surface area contributed by atoms with E-state index in [1.54, 1.807) is 0 Å². The number of aliphatic imine (C=N–C) groups is 1. The second-order valence-corrected chi connectivity index (χ2v) is 6.68. The zero-order valence-corrected chi connectivity index (χ0v) is 17.1. The zero-order chi connectivity index (χ0) is 16.4. The van der Waals surface area contributed by atoms with Crippen molar-refractivity contribution < 1.29 is 13.2 Å². The Balaban J connectivity index is 0.00000484. The number of nitrogens with one attached hydrogen (secondary N) is 2. The lowest BCUT2D eigenvalue weighted by Gasteiger charge is -2.31. The molecular weight excluding hydrogens is 438 g/mol. The van der Waals surface area contributed by atoms with E-state index in [9.17, 15) is 13.2 Å². The number of rotatable bonds is 7. The summed E-state index contributed by atoms with van der Waals surface area (Å²) in [6.07, 6.45) is 1.77. The fraction of sp³-hybridized carbons (Fsp3) is 0.933. The summed E-state index contributed by atoms with van der Waals surface area (Å²) in [6.45, 7) is 3.51. The summed E-state index contributed by atoms with van der Waals surface area (Å²) in [5.74, 6) is 0.750. The number of unbranched alkanes of at least 4 members (excludes halogenated alkanes) is 1. The van der Waals surface area contributed by atoms with Crippen molar-refractivity contribution in [2.24, 2.45) is 10.9 Å². The molecule has 23 heavy (non-hydrogen) atoms. The first-order chi connectivity index (χ1) is 10.5. The van der Waals surface area contributed by atoms with Gasteiger partial charge in [0.15, 0.2) is 5.96 Å². The lowest BCUT2D eigenvalue weighted by atomic mass is 9.85. The van der Waals surface area contributed by atoms with Crippen molar-refractivity contribution in [3.05, 3.63) is 0 Å². The van der Waals surface area contributed by atoms with Crippen LogP contribution in [0.1, 0.15) is 45.4 Å². The van der Waals surface area contributed by atoms with Gasteiger partial charge in [-0.1, -0.05) is 0 Å². The van der Waals surface area contributed by atoms with E-state index in [1.165, 1.54) is 0 Å². The molecule has 0 amide bonds. The number of thioether (sulfide) groups is 1. The summed E-state index contributed by atoms with van der Waals surface area (Å²) in [6, 6.07) is 0.0996. The smallest absolute Gasteiger partial charge is 0.357 e. The molecule has 0 aromatic rings. The van der Waals surface area contributed by atoms with Crippen molar-refractivity contribution in [2.75, 3.05) is 25.1 Å². The summed E-state index contributed by atoms with van der Waals surface area (Å²) in [4.78, 5) is 4.51. The predicted molar refractivity (Wildman–Crippen MR) is 104 cm³/mol. The van der Waals surface area contributed by atoms with E-state index in [0.717, 1.165) is 37.6 Å². The summed E-state index contributed by atoms with van der Waals surface area (Å²) in [5.41, 5.74) is 0. The summed E-state index contributed by atoms with van der Waals surface area (Å²) in [5, 5.41) is 6.46. The minimum Gasteiger partial charge on any atom is -0.357 e. The highest BCUT2D eigenvalue weighted by Gasteiger charge is 2.41. The maximum absolute atomic E-state index is 12.7. The van der Waals surface area contributed by atoms with Gasteiger partial charge in [0, 0.05) is 19.1 Å². The van der Waals surface area contributed by atoms with Crippen LogP contribution in [-0.4, -0.2) is 43.3 Å². The molecule has 1 saturated carbocycles. The van der Waals surface area contributed by atoms with Gasteiger partial charge in [-0.3, -0.25) is 4.99 Å². The van der Waals surface area contributed by atoms with Crippen molar-refractivity contribution in [3.8, 4) is 0 Å². The van der Waals surface area contributed by atoms with E-state index in [0.29, 0.717) is 12.8 Å². The first kappa shape index (κ1) is 23.1. The normalized spacial score (nSPS) is 22.4. The molecule has 0 radical (unpaired) electrons. The molecule has 0 aromatic heterocycles. The van der Waals surface area contributed by atoms with Crippen LogP contribution in [0.5, 0.6) is 0 Å². The lowest BCUT2D eigenvalue weighted by Crippen LogP contribution is -2.45. The Morgan fingerprint density at radius 3 is 2.35 bits per heavy atom. The number of hydrogen-bond donors (Lipinski definition) is 2. The maximum Gasteiger partial charge on any atom is 0.391 e. The van der Waals surface area contributed by atoms with Crippen LogP contribution in [0.15, 0.2) is 4.99 Å². The number of halogens is 4. The Morgan fingerprint density at radius 2 is 1.83 bits per heavy atom. The van der Waals surface area contributed by atoms with Gasteiger partial charge in [0.2, 0.25) is 0 Å². The Kier molecular flexibility index (Phi) is 12.6. The zero-order valence-electron chi connectivity index (χ0n) is 13.9.